The van der Waals surface area contributed by atoms with Gasteiger partial charge in [0.1, 0.15) is 12.2 Å². The van der Waals surface area contributed by atoms with Crippen LogP contribution in [0.2, 0.25) is 0 Å². The summed E-state index contributed by atoms with van der Waals surface area (Å²) in [6, 6.07) is 0. The monoisotopic (exact) mass is 214 g/mol. The third-order valence-electron chi connectivity index (χ3n) is 2.19. The summed E-state index contributed by atoms with van der Waals surface area (Å²) in [7, 11) is 0. The molecule has 1 atom stereocenters. The van der Waals surface area contributed by atoms with Crippen LogP contribution >= 0.6 is 0 Å². The van der Waals surface area contributed by atoms with E-state index in [0.717, 1.165) is 12.8 Å². The minimum absolute atomic E-state index is 0.0614. The normalized spacial score (nSPS) is 12.2. The van der Waals surface area contributed by atoms with E-state index in [2.05, 4.69) is 6.92 Å². The molecule has 0 aliphatic carbocycles. The molecular weight excluding hydrogens is 192 g/mol. The van der Waals surface area contributed by atoms with Gasteiger partial charge < -0.3 is 4.74 Å². The highest BCUT2D eigenvalue weighted by molar-refractivity contribution is 5.94. The molecule has 0 rings (SSSR count). The van der Waals surface area contributed by atoms with E-state index in [4.69, 9.17) is 4.74 Å². The Morgan fingerprint density at radius 3 is 2.40 bits per heavy atom. The van der Waals surface area contributed by atoms with E-state index in [0.29, 0.717) is 0 Å². The number of unbranched alkanes of at least 4 members (excludes halogenated alkanes) is 3. The third kappa shape index (κ3) is 9.44. The van der Waals surface area contributed by atoms with E-state index in [1.807, 2.05) is 6.92 Å². The summed E-state index contributed by atoms with van der Waals surface area (Å²) in [5.74, 6) is -0.538. The van der Waals surface area contributed by atoms with E-state index in [1.165, 1.54) is 26.2 Å². The van der Waals surface area contributed by atoms with Crippen molar-refractivity contribution >= 4 is 11.8 Å². The van der Waals surface area contributed by atoms with Gasteiger partial charge in [-0.15, -0.1) is 0 Å². The highest BCUT2D eigenvalue weighted by atomic mass is 16.5. The van der Waals surface area contributed by atoms with Gasteiger partial charge in [-0.25, -0.2) is 0 Å². The lowest BCUT2D eigenvalue weighted by Gasteiger charge is -2.12. The Morgan fingerprint density at radius 2 is 1.87 bits per heavy atom. The summed E-state index contributed by atoms with van der Waals surface area (Å²) in [4.78, 5) is 21.7. The number of carbonyl (C=O) groups is 2. The first-order valence-corrected chi connectivity index (χ1v) is 5.75. The second kappa shape index (κ2) is 8.45. The average molecular weight is 214 g/mol. The minimum atomic E-state index is -0.398. The molecule has 0 amide bonds. The number of hydrogen-bond donors (Lipinski definition) is 0. The van der Waals surface area contributed by atoms with Crippen molar-refractivity contribution in [2.45, 2.75) is 65.4 Å². The van der Waals surface area contributed by atoms with E-state index in [-0.39, 0.29) is 18.3 Å². The van der Waals surface area contributed by atoms with Crippen molar-refractivity contribution in [3.63, 3.8) is 0 Å². The van der Waals surface area contributed by atoms with Gasteiger partial charge in [-0.3, -0.25) is 9.59 Å². The molecule has 0 aliphatic rings. The SMILES string of the molecule is CCCCCC[C@H](C)OC(=O)CC(C)=O. The van der Waals surface area contributed by atoms with Crippen LogP contribution in [0.4, 0.5) is 0 Å². The molecule has 0 spiro atoms. The molecule has 0 unspecified atom stereocenters. The number of esters is 1. The van der Waals surface area contributed by atoms with Crippen LogP contribution in [0.15, 0.2) is 0 Å². The lowest BCUT2D eigenvalue weighted by atomic mass is 10.1. The van der Waals surface area contributed by atoms with Crippen molar-refractivity contribution in [3.05, 3.63) is 0 Å². The zero-order valence-corrected chi connectivity index (χ0v) is 10.0. The quantitative estimate of drug-likeness (QED) is 0.354. The minimum Gasteiger partial charge on any atom is -0.462 e. The molecule has 88 valence electrons. The summed E-state index contributed by atoms with van der Waals surface area (Å²) in [6.07, 6.45) is 5.44. The summed E-state index contributed by atoms with van der Waals surface area (Å²) >= 11 is 0. The summed E-state index contributed by atoms with van der Waals surface area (Å²) in [6.45, 7) is 5.44. The Kier molecular flexibility index (Phi) is 7.96. The lowest BCUT2D eigenvalue weighted by molar-refractivity contribution is -0.150. The van der Waals surface area contributed by atoms with Crippen LogP contribution in [0.1, 0.15) is 59.3 Å². The molecule has 0 aromatic heterocycles. The molecule has 0 saturated heterocycles. The van der Waals surface area contributed by atoms with Crippen molar-refractivity contribution in [2.75, 3.05) is 0 Å². The molecule has 0 bridgehead atoms. The molecule has 0 saturated carbocycles. The number of carbonyl (C=O) groups excluding carboxylic acids is 2. The fourth-order valence-electron chi connectivity index (χ4n) is 1.39. The maximum absolute atomic E-state index is 11.1. The molecule has 0 heterocycles. The first kappa shape index (κ1) is 14.1. The predicted octanol–water partition coefficient (Wildman–Crippen LogP) is 2.87. The van der Waals surface area contributed by atoms with Gasteiger partial charge in [0.15, 0.2) is 0 Å². The predicted molar refractivity (Wildman–Crippen MR) is 59.6 cm³/mol. The van der Waals surface area contributed by atoms with E-state index in [9.17, 15) is 9.59 Å². The smallest absolute Gasteiger partial charge is 0.313 e. The van der Waals surface area contributed by atoms with Crippen LogP contribution in [0, 0.1) is 0 Å². The summed E-state index contributed by atoms with van der Waals surface area (Å²) < 4.78 is 5.08. The van der Waals surface area contributed by atoms with E-state index in [1.54, 1.807) is 0 Å². The molecular formula is C12H22O3. The van der Waals surface area contributed by atoms with Gasteiger partial charge in [-0.2, -0.15) is 0 Å². The van der Waals surface area contributed by atoms with Crippen LogP contribution in [0.5, 0.6) is 0 Å². The molecule has 0 aromatic carbocycles. The Balaban J connectivity index is 3.51. The van der Waals surface area contributed by atoms with Crippen LogP contribution in [-0.2, 0) is 14.3 Å². The van der Waals surface area contributed by atoms with Crippen molar-refractivity contribution in [2.24, 2.45) is 0 Å². The van der Waals surface area contributed by atoms with Crippen LogP contribution in [-0.4, -0.2) is 17.9 Å². The summed E-state index contributed by atoms with van der Waals surface area (Å²) in [5, 5.41) is 0. The van der Waals surface area contributed by atoms with Crippen LogP contribution < -0.4 is 0 Å². The Labute approximate surface area is 92.2 Å². The van der Waals surface area contributed by atoms with Gasteiger partial charge >= 0.3 is 5.97 Å². The van der Waals surface area contributed by atoms with Gasteiger partial charge in [0.2, 0.25) is 0 Å². The highest BCUT2D eigenvalue weighted by Crippen LogP contribution is 2.08. The van der Waals surface area contributed by atoms with Crippen molar-refractivity contribution in [1.82, 2.24) is 0 Å². The number of hydrogen-bond acceptors (Lipinski definition) is 3. The molecule has 0 fully saturated rings. The maximum atomic E-state index is 11.1. The molecule has 3 nitrogen and oxygen atoms in total. The van der Waals surface area contributed by atoms with Crippen molar-refractivity contribution in [3.8, 4) is 0 Å². The molecule has 3 heteroatoms. The number of Topliss-reactive ketones (excluding diaryl/α,β-unsaturated/α-hetero) is 1. The average Bonchev–Trinajstić information content (AvgIpc) is 2.10. The van der Waals surface area contributed by atoms with Gasteiger partial charge in [0.25, 0.3) is 0 Å². The largest absolute Gasteiger partial charge is 0.462 e. The number of ether oxygens (including phenoxy) is 1. The van der Waals surface area contributed by atoms with Gasteiger partial charge in [0, 0.05) is 0 Å². The second-order valence-electron chi connectivity index (χ2n) is 4.03. The van der Waals surface area contributed by atoms with Gasteiger partial charge in [-0.05, 0) is 26.7 Å². The van der Waals surface area contributed by atoms with Gasteiger partial charge in [-0.1, -0.05) is 26.2 Å². The molecule has 0 radical (unpaired) electrons. The lowest BCUT2D eigenvalue weighted by Crippen LogP contribution is -2.16. The Morgan fingerprint density at radius 1 is 1.20 bits per heavy atom. The standard InChI is InChI=1S/C12H22O3/c1-4-5-6-7-8-11(3)15-12(14)9-10(2)13/h11H,4-9H2,1-3H3/t11-/m0/s1. The summed E-state index contributed by atoms with van der Waals surface area (Å²) in [5.41, 5.74) is 0. The Bertz CT molecular complexity index is 199. The van der Waals surface area contributed by atoms with Crippen LogP contribution in [0.25, 0.3) is 0 Å². The first-order chi connectivity index (χ1) is 7.06. The molecule has 0 aliphatic heterocycles. The molecule has 0 aromatic rings. The van der Waals surface area contributed by atoms with E-state index < -0.39 is 5.97 Å². The Hall–Kier alpha value is -0.860. The van der Waals surface area contributed by atoms with Crippen molar-refractivity contribution < 1.29 is 14.3 Å². The zero-order valence-electron chi connectivity index (χ0n) is 10.0. The topological polar surface area (TPSA) is 43.4 Å². The van der Waals surface area contributed by atoms with Crippen molar-refractivity contribution in [1.29, 1.82) is 0 Å². The zero-order chi connectivity index (χ0) is 11.7. The fraction of sp³-hybridized carbons (Fsp3) is 0.833. The third-order valence-corrected chi connectivity index (χ3v) is 2.19. The number of rotatable bonds is 8. The highest BCUT2D eigenvalue weighted by Gasteiger charge is 2.10. The van der Waals surface area contributed by atoms with E-state index >= 15 is 0 Å². The van der Waals surface area contributed by atoms with Crippen LogP contribution in [0.3, 0.4) is 0 Å². The molecule has 15 heavy (non-hydrogen) atoms. The maximum Gasteiger partial charge on any atom is 0.313 e. The second-order valence-corrected chi connectivity index (χ2v) is 4.03. The first-order valence-electron chi connectivity index (χ1n) is 5.75. The van der Waals surface area contributed by atoms with Gasteiger partial charge in [0.05, 0.1) is 6.10 Å². The molecule has 0 N–H and O–H groups in total. The fourth-order valence-corrected chi connectivity index (χ4v) is 1.39. The number of ketones is 1.